The van der Waals surface area contributed by atoms with Crippen LogP contribution in [0.1, 0.15) is 31.9 Å². The van der Waals surface area contributed by atoms with Gasteiger partial charge < -0.3 is 15.8 Å². The van der Waals surface area contributed by atoms with Gasteiger partial charge in [-0.15, -0.1) is 0 Å². The zero-order valence-electron chi connectivity index (χ0n) is 14.0. The molecule has 1 aliphatic heterocycles. The molecule has 23 heavy (non-hydrogen) atoms. The van der Waals surface area contributed by atoms with E-state index in [2.05, 4.69) is 35.1 Å². The SMILES string of the molecule is CCC(C)NC(N)=NCC(c1ccccc1Cl)N1CCOCC1. The van der Waals surface area contributed by atoms with E-state index < -0.39 is 0 Å². The molecule has 1 aromatic carbocycles. The topological polar surface area (TPSA) is 62.9 Å². The molecule has 0 aliphatic carbocycles. The molecule has 128 valence electrons. The molecule has 6 heteroatoms. The molecule has 2 rings (SSSR count). The number of nitrogens with two attached hydrogens (primary N) is 1. The third-order valence-electron chi connectivity index (χ3n) is 4.19. The van der Waals surface area contributed by atoms with Gasteiger partial charge in [-0.25, -0.2) is 0 Å². The van der Waals surface area contributed by atoms with Gasteiger partial charge >= 0.3 is 0 Å². The molecule has 5 nitrogen and oxygen atoms in total. The first-order valence-corrected chi connectivity index (χ1v) is 8.62. The summed E-state index contributed by atoms with van der Waals surface area (Å²) in [6.45, 7) is 8.03. The van der Waals surface area contributed by atoms with Crippen LogP contribution < -0.4 is 11.1 Å². The zero-order chi connectivity index (χ0) is 16.7. The molecule has 0 spiro atoms. The fourth-order valence-corrected chi connectivity index (χ4v) is 2.89. The number of ether oxygens (including phenoxy) is 1. The van der Waals surface area contributed by atoms with Crippen LogP contribution in [-0.2, 0) is 4.74 Å². The predicted molar refractivity (Wildman–Crippen MR) is 96.0 cm³/mol. The number of aliphatic imine (C=N–C) groups is 1. The minimum Gasteiger partial charge on any atom is -0.379 e. The Bertz CT molecular complexity index is 517. The van der Waals surface area contributed by atoms with Crippen LogP contribution in [0, 0.1) is 0 Å². The highest BCUT2D eigenvalue weighted by Gasteiger charge is 2.24. The zero-order valence-corrected chi connectivity index (χ0v) is 14.7. The number of morpholine rings is 1. The number of rotatable bonds is 6. The lowest BCUT2D eigenvalue weighted by molar-refractivity contribution is 0.0180. The van der Waals surface area contributed by atoms with Gasteiger partial charge in [-0.3, -0.25) is 9.89 Å². The van der Waals surface area contributed by atoms with Gasteiger partial charge in [0.1, 0.15) is 0 Å². The Balaban J connectivity index is 2.13. The van der Waals surface area contributed by atoms with E-state index in [1.165, 1.54) is 0 Å². The molecular formula is C17H27ClN4O. The van der Waals surface area contributed by atoms with Crippen molar-refractivity contribution in [2.24, 2.45) is 10.7 Å². The van der Waals surface area contributed by atoms with Crippen LogP contribution in [0.25, 0.3) is 0 Å². The number of nitrogens with one attached hydrogen (secondary N) is 1. The molecule has 0 saturated carbocycles. The first-order valence-electron chi connectivity index (χ1n) is 8.24. The van der Waals surface area contributed by atoms with Crippen LogP contribution >= 0.6 is 11.6 Å². The second-order valence-corrected chi connectivity index (χ2v) is 6.27. The smallest absolute Gasteiger partial charge is 0.188 e. The van der Waals surface area contributed by atoms with E-state index in [1.807, 2.05) is 18.2 Å². The third kappa shape index (κ3) is 5.37. The van der Waals surface area contributed by atoms with Gasteiger partial charge in [-0.2, -0.15) is 0 Å². The number of guanidine groups is 1. The van der Waals surface area contributed by atoms with Gasteiger partial charge in [0.25, 0.3) is 0 Å². The molecule has 1 aliphatic rings. The standard InChI is InChI=1S/C17H27ClN4O/c1-3-13(2)21-17(19)20-12-16(22-8-10-23-11-9-22)14-6-4-5-7-15(14)18/h4-7,13,16H,3,8-12H2,1-2H3,(H3,19,20,21). The van der Waals surface area contributed by atoms with E-state index in [0.29, 0.717) is 18.5 Å². The molecule has 1 fully saturated rings. The molecule has 1 aromatic rings. The van der Waals surface area contributed by atoms with Crippen molar-refractivity contribution in [2.75, 3.05) is 32.8 Å². The summed E-state index contributed by atoms with van der Waals surface area (Å²) in [4.78, 5) is 6.91. The van der Waals surface area contributed by atoms with Gasteiger partial charge in [0.15, 0.2) is 5.96 Å². The summed E-state index contributed by atoms with van der Waals surface area (Å²) in [5.41, 5.74) is 7.10. The number of benzene rings is 1. The van der Waals surface area contributed by atoms with Gasteiger partial charge in [0, 0.05) is 24.2 Å². The van der Waals surface area contributed by atoms with Crippen LogP contribution in [0.5, 0.6) is 0 Å². The van der Waals surface area contributed by atoms with E-state index in [4.69, 9.17) is 22.1 Å². The lowest BCUT2D eigenvalue weighted by atomic mass is 10.0. The molecule has 0 aromatic heterocycles. The van der Waals surface area contributed by atoms with Crippen LogP contribution in [0.3, 0.4) is 0 Å². The molecule has 0 amide bonds. The second kappa shape index (κ2) is 9.11. The lowest BCUT2D eigenvalue weighted by Crippen LogP contribution is -2.42. The van der Waals surface area contributed by atoms with Crippen molar-refractivity contribution < 1.29 is 4.74 Å². The van der Waals surface area contributed by atoms with Crippen LogP contribution in [-0.4, -0.2) is 49.7 Å². The van der Waals surface area contributed by atoms with Gasteiger partial charge in [0.2, 0.25) is 0 Å². The van der Waals surface area contributed by atoms with Gasteiger partial charge in [0.05, 0.1) is 25.8 Å². The second-order valence-electron chi connectivity index (χ2n) is 5.87. The molecule has 3 N–H and O–H groups in total. The quantitative estimate of drug-likeness (QED) is 0.617. The van der Waals surface area contributed by atoms with Crippen molar-refractivity contribution in [2.45, 2.75) is 32.4 Å². The van der Waals surface area contributed by atoms with E-state index in [0.717, 1.165) is 43.3 Å². The molecule has 2 atom stereocenters. The highest BCUT2D eigenvalue weighted by atomic mass is 35.5. The Morgan fingerprint density at radius 1 is 1.39 bits per heavy atom. The van der Waals surface area contributed by atoms with Crippen molar-refractivity contribution in [3.63, 3.8) is 0 Å². The Hall–Kier alpha value is -1.30. The lowest BCUT2D eigenvalue weighted by Gasteiger charge is -2.34. The van der Waals surface area contributed by atoms with Crippen LogP contribution in [0.2, 0.25) is 5.02 Å². The fraction of sp³-hybridized carbons (Fsp3) is 0.588. The number of hydrogen-bond acceptors (Lipinski definition) is 3. The third-order valence-corrected chi connectivity index (χ3v) is 4.54. The van der Waals surface area contributed by atoms with Gasteiger partial charge in [-0.1, -0.05) is 36.7 Å². The average Bonchev–Trinajstić information content (AvgIpc) is 2.57. The maximum Gasteiger partial charge on any atom is 0.188 e. The Labute approximate surface area is 143 Å². The minimum atomic E-state index is 0.116. The van der Waals surface area contributed by atoms with Gasteiger partial charge in [-0.05, 0) is 25.0 Å². The first-order chi connectivity index (χ1) is 11.1. The van der Waals surface area contributed by atoms with E-state index in [1.54, 1.807) is 0 Å². The Morgan fingerprint density at radius 3 is 2.74 bits per heavy atom. The summed E-state index contributed by atoms with van der Waals surface area (Å²) in [5.74, 6) is 0.490. The summed E-state index contributed by atoms with van der Waals surface area (Å²) >= 11 is 6.41. The molecule has 0 radical (unpaired) electrons. The van der Waals surface area contributed by atoms with Crippen LogP contribution in [0.15, 0.2) is 29.3 Å². The Morgan fingerprint density at radius 2 is 2.09 bits per heavy atom. The number of hydrogen-bond donors (Lipinski definition) is 2. The maximum absolute atomic E-state index is 6.41. The monoisotopic (exact) mass is 338 g/mol. The highest BCUT2D eigenvalue weighted by Crippen LogP contribution is 2.28. The summed E-state index contributed by atoms with van der Waals surface area (Å²) in [6.07, 6.45) is 1.01. The minimum absolute atomic E-state index is 0.116. The summed E-state index contributed by atoms with van der Waals surface area (Å²) in [7, 11) is 0. The summed E-state index contributed by atoms with van der Waals surface area (Å²) in [5, 5.41) is 3.98. The number of halogens is 1. The van der Waals surface area contributed by atoms with Crippen molar-refractivity contribution in [3.8, 4) is 0 Å². The summed E-state index contributed by atoms with van der Waals surface area (Å²) in [6, 6.07) is 8.39. The largest absolute Gasteiger partial charge is 0.379 e. The molecule has 1 saturated heterocycles. The number of nitrogens with zero attached hydrogens (tertiary/aromatic N) is 2. The molecule has 1 heterocycles. The summed E-state index contributed by atoms with van der Waals surface area (Å²) < 4.78 is 5.46. The van der Waals surface area contributed by atoms with Crippen molar-refractivity contribution in [3.05, 3.63) is 34.9 Å². The van der Waals surface area contributed by atoms with Crippen molar-refractivity contribution in [1.82, 2.24) is 10.2 Å². The normalized spacial score (nSPS) is 19.3. The van der Waals surface area contributed by atoms with E-state index in [-0.39, 0.29) is 6.04 Å². The molecular weight excluding hydrogens is 312 g/mol. The maximum atomic E-state index is 6.41. The first kappa shape index (κ1) is 18.0. The van der Waals surface area contributed by atoms with Crippen molar-refractivity contribution in [1.29, 1.82) is 0 Å². The van der Waals surface area contributed by atoms with Crippen molar-refractivity contribution >= 4 is 17.6 Å². The average molecular weight is 339 g/mol. The Kier molecular flexibility index (Phi) is 7.15. The molecule has 2 unspecified atom stereocenters. The van der Waals surface area contributed by atoms with Crippen LogP contribution in [0.4, 0.5) is 0 Å². The van der Waals surface area contributed by atoms with E-state index in [9.17, 15) is 0 Å². The highest BCUT2D eigenvalue weighted by molar-refractivity contribution is 6.31. The predicted octanol–water partition coefficient (Wildman–Crippen LogP) is 2.42. The fourth-order valence-electron chi connectivity index (χ4n) is 2.63. The van der Waals surface area contributed by atoms with E-state index >= 15 is 0 Å². The molecule has 0 bridgehead atoms.